The van der Waals surface area contributed by atoms with Gasteiger partial charge in [0, 0.05) is 12.1 Å². The van der Waals surface area contributed by atoms with E-state index in [-0.39, 0.29) is 0 Å². The van der Waals surface area contributed by atoms with Crippen LogP contribution in [0.4, 0.5) is 0 Å². The molecule has 0 aromatic carbocycles. The van der Waals surface area contributed by atoms with Gasteiger partial charge in [0.05, 0.1) is 12.8 Å². The molecule has 0 aliphatic rings. The highest BCUT2D eigenvalue weighted by molar-refractivity contribution is 5.16. The summed E-state index contributed by atoms with van der Waals surface area (Å²) in [5.41, 5.74) is 1.02. The molecule has 0 bridgehead atoms. The monoisotopic (exact) mass is 223 g/mol. The van der Waals surface area contributed by atoms with Crippen molar-refractivity contribution in [2.45, 2.75) is 39.2 Å². The number of methoxy groups -OCH3 is 1. The van der Waals surface area contributed by atoms with Gasteiger partial charge in [-0.05, 0) is 13.0 Å². The minimum absolute atomic E-state index is 0.307. The molecule has 1 unspecified atom stereocenters. The van der Waals surface area contributed by atoms with E-state index in [1.54, 1.807) is 13.4 Å². The van der Waals surface area contributed by atoms with Crippen molar-refractivity contribution in [1.29, 1.82) is 0 Å². The van der Waals surface area contributed by atoms with E-state index in [0.29, 0.717) is 11.9 Å². The molecule has 1 atom stereocenters. The molecule has 0 amide bonds. The first-order chi connectivity index (χ1) is 7.81. The maximum atomic E-state index is 5.11. The summed E-state index contributed by atoms with van der Waals surface area (Å²) >= 11 is 0. The second-order valence-corrected chi connectivity index (χ2v) is 3.74. The molecule has 0 spiro atoms. The topological polar surface area (TPSA) is 47.0 Å². The number of rotatable bonds is 7. The first-order valence-electron chi connectivity index (χ1n) is 5.91. The average Bonchev–Trinajstić information content (AvgIpc) is 2.34. The molecule has 1 heterocycles. The van der Waals surface area contributed by atoms with Crippen LogP contribution in [0.3, 0.4) is 0 Å². The molecule has 16 heavy (non-hydrogen) atoms. The molecular weight excluding hydrogens is 202 g/mol. The Morgan fingerprint density at radius 3 is 2.81 bits per heavy atom. The van der Waals surface area contributed by atoms with E-state index >= 15 is 0 Å². The van der Waals surface area contributed by atoms with Crippen molar-refractivity contribution in [3.8, 4) is 5.88 Å². The Balaban J connectivity index is 2.73. The summed E-state index contributed by atoms with van der Waals surface area (Å²) in [4.78, 5) is 8.33. The zero-order chi connectivity index (χ0) is 11.8. The van der Waals surface area contributed by atoms with Crippen LogP contribution in [0.25, 0.3) is 0 Å². The molecule has 1 N–H and O–H groups in total. The third kappa shape index (κ3) is 3.77. The van der Waals surface area contributed by atoms with Gasteiger partial charge in [0.15, 0.2) is 0 Å². The normalized spacial score (nSPS) is 12.4. The van der Waals surface area contributed by atoms with Gasteiger partial charge in [-0.25, -0.2) is 9.97 Å². The summed E-state index contributed by atoms with van der Waals surface area (Å²) in [5.74, 6) is 0.629. The molecule has 0 aliphatic heterocycles. The maximum absolute atomic E-state index is 5.11. The molecule has 1 rings (SSSR count). The summed E-state index contributed by atoms with van der Waals surface area (Å²) in [6, 6.07) is 2.21. The fourth-order valence-electron chi connectivity index (χ4n) is 1.66. The van der Waals surface area contributed by atoms with Crippen LogP contribution in [-0.4, -0.2) is 23.6 Å². The predicted octanol–water partition coefficient (Wildman–Crippen LogP) is 2.33. The summed E-state index contributed by atoms with van der Waals surface area (Å²) in [7, 11) is 1.63. The van der Waals surface area contributed by atoms with Crippen LogP contribution in [-0.2, 0) is 0 Å². The van der Waals surface area contributed by atoms with Crippen molar-refractivity contribution < 1.29 is 4.74 Å². The Kier molecular flexibility index (Phi) is 5.78. The van der Waals surface area contributed by atoms with Crippen LogP contribution >= 0.6 is 0 Å². The Hall–Kier alpha value is -1.16. The Labute approximate surface area is 97.5 Å². The number of ether oxygens (including phenoxy) is 1. The van der Waals surface area contributed by atoms with Crippen molar-refractivity contribution in [1.82, 2.24) is 15.3 Å². The fraction of sp³-hybridized carbons (Fsp3) is 0.667. The van der Waals surface area contributed by atoms with E-state index in [4.69, 9.17) is 4.74 Å². The third-order valence-electron chi connectivity index (χ3n) is 2.53. The maximum Gasteiger partial charge on any atom is 0.216 e. The molecule has 0 saturated carbocycles. The smallest absolute Gasteiger partial charge is 0.216 e. The molecule has 0 fully saturated rings. The quantitative estimate of drug-likeness (QED) is 0.770. The number of nitrogens with one attached hydrogen (secondary N) is 1. The highest BCUT2D eigenvalue weighted by atomic mass is 16.5. The Morgan fingerprint density at radius 1 is 1.38 bits per heavy atom. The number of hydrogen-bond acceptors (Lipinski definition) is 4. The molecule has 90 valence electrons. The van der Waals surface area contributed by atoms with E-state index in [9.17, 15) is 0 Å². The minimum atomic E-state index is 0.307. The van der Waals surface area contributed by atoms with Gasteiger partial charge in [-0.15, -0.1) is 0 Å². The zero-order valence-corrected chi connectivity index (χ0v) is 10.4. The van der Waals surface area contributed by atoms with Gasteiger partial charge in [0.1, 0.15) is 6.33 Å². The highest BCUT2D eigenvalue weighted by Gasteiger charge is 2.12. The lowest BCUT2D eigenvalue weighted by Crippen LogP contribution is -2.22. The molecule has 4 nitrogen and oxygen atoms in total. The van der Waals surface area contributed by atoms with Crippen molar-refractivity contribution in [2.24, 2.45) is 0 Å². The van der Waals surface area contributed by atoms with Gasteiger partial charge in [0.2, 0.25) is 5.88 Å². The largest absolute Gasteiger partial charge is 0.481 e. The van der Waals surface area contributed by atoms with Crippen LogP contribution in [0.15, 0.2) is 12.4 Å². The number of nitrogens with zero attached hydrogens (tertiary/aromatic N) is 2. The fourth-order valence-corrected chi connectivity index (χ4v) is 1.66. The predicted molar refractivity (Wildman–Crippen MR) is 64.5 cm³/mol. The van der Waals surface area contributed by atoms with Crippen molar-refractivity contribution in [3.05, 3.63) is 18.1 Å². The van der Waals surface area contributed by atoms with E-state index in [2.05, 4.69) is 29.1 Å². The third-order valence-corrected chi connectivity index (χ3v) is 2.53. The molecule has 0 aliphatic carbocycles. The lowest BCUT2D eigenvalue weighted by atomic mass is 10.1. The lowest BCUT2D eigenvalue weighted by molar-refractivity contribution is 0.392. The standard InChI is InChI=1S/C12H21N3O/c1-4-6-7-10(13-5-2)11-8-12(16-3)15-9-14-11/h8-10,13H,4-7H2,1-3H3. The van der Waals surface area contributed by atoms with Crippen molar-refractivity contribution >= 4 is 0 Å². The van der Waals surface area contributed by atoms with Gasteiger partial charge in [-0.2, -0.15) is 0 Å². The van der Waals surface area contributed by atoms with Crippen LogP contribution in [0.2, 0.25) is 0 Å². The molecule has 0 saturated heterocycles. The van der Waals surface area contributed by atoms with E-state index in [1.165, 1.54) is 12.8 Å². The summed E-state index contributed by atoms with van der Waals surface area (Å²) in [6.45, 7) is 5.25. The van der Waals surface area contributed by atoms with Crippen LogP contribution in [0, 0.1) is 0 Å². The van der Waals surface area contributed by atoms with E-state index in [0.717, 1.165) is 18.7 Å². The average molecular weight is 223 g/mol. The van der Waals surface area contributed by atoms with Crippen molar-refractivity contribution in [2.75, 3.05) is 13.7 Å². The second kappa shape index (κ2) is 7.17. The first kappa shape index (κ1) is 12.9. The lowest BCUT2D eigenvalue weighted by Gasteiger charge is -2.17. The van der Waals surface area contributed by atoms with Gasteiger partial charge in [-0.3, -0.25) is 0 Å². The SMILES string of the molecule is CCCCC(NCC)c1cc(OC)ncn1. The molecular formula is C12H21N3O. The summed E-state index contributed by atoms with van der Waals surface area (Å²) < 4.78 is 5.11. The van der Waals surface area contributed by atoms with Gasteiger partial charge in [-0.1, -0.05) is 26.7 Å². The zero-order valence-electron chi connectivity index (χ0n) is 10.4. The number of hydrogen-bond donors (Lipinski definition) is 1. The van der Waals surface area contributed by atoms with Crippen LogP contribution < -0.4 is 10.1 Å². The van der Waals surface area contributed by atoms with Crippen LogP contribution in [0.1, 0.15) is 44.8 Å². The number of unbranched alkanes of at least 4 members (excludes halogenated alkanes) is 1. The highest BCUT2D eigenvalue weighted by Crippen LogP contribution is 2.19. The Morgan fingerprint density at radius 2 is 2.19 bits per heavy atom. The first-order valence-corrected chi connectivity index (χ1v) is 5.91. The van der Waals surface area contributed by atoms with Gasteiger partial charge < -0.3 is 10.1 Å². The summed E-state index contributed by atoms with van der Waals surface area (Å²) in [6.07, 6.45) is 5.06. The summed E-state index contributed by atoms with van der Waals surface area (Å²) in [5, 5.41) is 3.44. The second-order valence-electron chi connectivity index (χ2n) is 3.74. The number of aromatic nitrogens is 2. The molecule has 1 aromatic rings. The molecule has 1 aromatic heterocycles. The van der Waals surface area contributed by atoms with Gasteiger partial charge >= 0.3 is 0 Å². The minimum Gasteiger partial charge on any atom is -0.481 e. The Bertz CT molecular complexity index is 304. The van der Waals surface area contributed by atoms with E-state index < -0.39 is 0 Å². The van der Waals surface area contributed by atoms with Crippen LogP contribution in [0.5, 0.6) is 5.88 Å². The van der Waals surface area contributed by atoms with Crippen molar-refractivity contribution in [3.63, 3.8) is 0 Å². The molecule has 0 radical (unpaired) electrons. The van der Waals surface area contributed by atoms with Gasteiger partial charge in [0.25, 0.3) is 0 Å². The molecule has 4 heteroatoms. The van der Waals surface area contributed by atoms with E-state index in [1.807, 2.05) is 6.07 Å².